The van der Waals surface area contributed by atoms with E-state index >= 15 is 0 Å². The SMILES string of the molecule is Nc1cc(Cl)ccc1C(=O)N1CC=C(C(F)(F)F)CC1. The van der Waals surface area contributed by atoms with E-state index < -0.39 is 17.7 Å². The molecule has 1 heterocycles. The van der Waals surface area contributed by atoms with E-state index in [-0.39, 0.29) is 30.8 Å². The van der Waals surface area contributed by atoms with E-state index in [4.69, 9.17) is 17.3 Å². The Morgan fingerprint density at radius 3 is 2.55 bits per heavy atom. The number of amides is 1. The Morgan fingerprint density at radius 1 is 1.35 bits per heavy atom. The van der Waals surface area contributed by atoms with E-state index in [2.05, 4.69) is 0 Å². The zero-order chi connectivity index (χ0) is 14.9. The first kappa shape index (κ1) is 14.7. The highest BCUT2D eigenvalue weighted by molar-refractivity contribution is 6.31. The molecule has 0 fully saturated rings. The Hall–Kier alpha value is -1.69. The first-order valence-corrected chi connectivity index (χ1v) is 6.27. The molecule has 1 amide bonds. The van der Waals surface area contributed by atoms with E-state index in [1.807, 2.05) is 0 Å². The predicted molar refractivity (Wildman–Crippen MR) is 70.5 cm³/mol. The fraction of sp³-hybridized carbons (Fsp3) is 0.308. The largest absolute Gasteiger partial charge is 0.412 e. The lowest BCUT2D eigenvalue weighted by Crippen LogP contribution is -2.37. The molecule has 1 aromatic carbocycles. The lowest BCUT2D eigenvalue weighted by molar-refractivity contribution is -0.0957. The van der Waals surface area contributed by atoms with Crippen LogP contribution in [0.15, 0.2) is 29.8 Å². The number of carbonyl (C=O) groups excluding carboxylic acids is 1. The minimum atomic E-state index is -4.32. The molecule has 7 heteroatoms. The molecule has 108 valence electrons. The molecule has 2 N–H and O–H groups in total. The van der Waals surface area contributed by atoms with E-state index in [0.29, 0.717) is 5.02 Å². The number of hydrogen-bond donors (Lipinski definition) is 1. The Balaban J connectivity index is 2.14. The number of halogens is 4. The van der Waals surface area contributed by atoms with Gasteiger partial charge in [0.1, 0.15) is 0 Å². The van der Waals surface area contributed by atoms with Gasteiger partial charge in [-0.25, -0.2) is 0 Å². The zero-order valence-corrected chi connectivity index (χ0v) is 11.1. The summed E-state index contributed by atoms with van der Waals surface area (Å²) in [5.41, 5.74) is 5.57. The van der Waals surface area contributed by atoms with Crippen molar-refractivity contribution in [3.8, 4) is 0 Å². The van der Waals surface area contributed by atoms with Crippen molar-refractivity contribution in [2.24, 2.45) is 0 Å². The van der Waals surface area contributed by atoms with E-state index in [9.17, 15) is 18.0 Å². The van der Waals surface area contributed by atoms with Crippen LogP contribution in [0, 0.1) is 0 Å². The number of nitrogens with two attached hydrogens (primary N) is 1. The second kappa shape index (κ2) is 5.36. The summed E-state index contributed by atoms with van der Waals surface area (Å²) in [7, 11) is 0. The maximum atomic E-state index is 12.5. The highest BCUT2D eigenvalue weighted by atomic mass is 35.5. The summed E-state index contributed by atoms with van der Waals surface area (Å²) in [6.45, 7) is -0.0536. The molecule has 0 unspecified atom stereocenters. The lowest BCUT2D eigenvalue weighted by Gasteiger charge is -2.27. The maximum Gasteiger partial charge on any atom is 0.412 e. The standard InChI is InChI=1S/C13H12ClF3N2O/c14-9-1-2-10(11(18)7-9)12(20)19-5-3-8(4-6-19)13(15,16)17/h1-3,7H,4-6,18H2. The summed E-state index contributed by atoms with van der Waals surface area (Å²) in [5, 5.41) is 0.400. The van der Waals surface area contributed by atoms with Gasteiger partial charge in [-0.2, -0.15) is 13.2 Å². The molecule has 0 atom stereocenters. The van der Waals surface area contributed by atoms with E-state index in [1.54, 1.807) is 0 Å². The topological polar surface area (TPSA) is 46.3 Å². The molecule has 1 aromatic rings. The summed E-state index contributed by atoms with van der Waals surface area (Å²) in [6, 6.07) is 4.44. The normalized spacial score (nSPS) is 16.0. The fourth-order valence-corrected chi connectivity index (χ4v) is 2.19. The molecule has 20 heavy (non-hydrogen) atoms. The van der Waals surface area contributed by atoms with E-state index in [0.717, 1.165) is 6.08 Å². The third-order valence-corrected chi connectivity index (χ3v) is 3.34. The molecule has 2 rings (SSSR count). The summed E-state index contributed by atoms with van der Waals surface area (Å²) in [6.07, 6.45) is -3.50. The van der Waals surface area contributed by atoms with Crippen molar-refractivity contribution in [1.29, 1.82) is 0 Å². The molecule has 1 aliphatic rings. The molecule has 0 aliphatic carbocycles. The number of carbonyl (C=O) groups is 1. The van der Waals surface area contributed by atoms with Crippen LogP contribution in [0.2, 0.25) is 5.02 Å². The third kappa shape index (κ3) is 3.07. The summed E-state index contributed by atoms with van der Waals surface area (Å²) in [5.74, 6) is -0.392. The van der Waals surface area contributed by atoms with Crippen LogP contribution < -0.4 is 5.73 Å². The van der Waals surface area contributed by atoms with E-state index in [1.165, 1.54) is 23.1 Å². The fourth-order valence-electron chi connectivity index (χ4n) is 2.01. The van der Waals surface area contributed by atoms with Crippen LogP contribution in [-0.2, 0) is 0 Å². The van der Waals surface area contributed by atoms with Crippen molar-refractivity contribution in [3.63, 3.8) is 0 Å². The number of benzene rings is 1. The molecule has 0 bridgehead atoms. The van der Waals surface area contributed by atoms with Gasteiger partial charge in [-0.15, -0.1) is 0 Å². The Kier molecular flexibility index (Phi) is 3.94. The highest BCUT2D eigenvalue weighted by Gasteiger charge is 2.35. The van der Waals surface area contributed by atoms with Crippen LogP contribution in [0.1, 0.15) is 16.8 Å². The number of nitrogens with zero attached hydrogens (tertiary/aromatic N) is 1. The number of anilines is 1. The Bertz CT molecular complexity index is 569. The van der Waals surface area contributed by atoms with Gasteiger partial charge in [-0.3, -0.25) is 4.79 Å². The van der Waals surface area contributed by atoms with Gasteiger partial charge in [0.2, 0.25) is 0 Å². The summed E-state index contributed by atoms with van der Waals surface area (Å²) in [4.78, 5) is 13.5. The Labute approximate surface area is 118 Å². The minimum absolute atomic E-state index is 0.0201. The maximum absolute atomic E-state index is 12.5. The Morgan fingerprint density at radius 2 is 2.05 bits per heavy atom. The molecule has 0 aromatic heterocycles. The molecule has 0 saturated carbocycles. The minimum Gasteiger partial charge on any atom is -0.398 e. The first-order valence-electron chi connectivity index (χ1n) is 5.89. The lowest BCUT2D eigenvalue weighted by atomic mass is 10.1. The van der Waals surface area contributed by atoms with Crippen LogP contribution in [0.3, 0.4) is 0 Å². The molecule has 3 nitrogen and oxygen atoms in total. The monoisotopic (exact) mass is 304 g/mol. The van der Waals surface area contributed by atoms with Gasteiger partial charge in [-0.05, 0) is 24.6 Å². The van der Waals surface area contributed by atoms with Gasteiger partial charge in [0, 0.05) is 29.4 Å². The number of alkyl halides is 3. The van der Waals surface area contributed by atoms with Crippen molar-refractivity contribution in [3.05, 3.63) is 40.4 Å². The predicted octanol–water partition coefficient (Wildman–Crippen LogP) is 3.26. The molecule has 0 spiro atoms. The number of hydrogen-bond acceptors (Lipinski definition) is 2. The molecular formula is C13H12ClF3N2O. The molecule has 1 aliphatic heterocycles. The smallest absolute Gasteiger partial charge is 0.398 e. The van der Waals surface area contributed by atoms with Crippen LogP contribution in [0.25, 0.3) is 0 Å². The zero-order valence-electron chi connectivity index (χ0n) is 10.4. The van der Waals surface area contributed by atoms with Crippen LogP contribution in [0.5, 0.6) is 0 Å². The van der Waals surface area contributed by atoms with Crippen LogP contribution in [-0.4, -0.2) is 30.1 Å². The van der Waals surface area contributed by atoms with Gasteiger partial charge < -0.3 is 10.6 Å². The second-order valence-corrected chi connectivity index (χ2v) is 4.90. The first-order chi connectivity index (χ1) is 9.29. The summed E-state index contributed by atoms with van der Waals surface area (Å²) < 4.78 is 37.5. The molecule has 0 radical (unpaired) electrons. The molecular weight excluding hydrogens is 293 g/mol. The van der Waals surface area contributed by atoms with Crippen LogP contribution >= 0.6 is 11.6 Å². The third-order valence-electron chi connectivity index (χ3n) is 3.10. The average Bonchev–Trinajstić information content (AvgIpc) is 2.37. The van der Waals surface area contributed by atoms with Crippen LogP contribution in [0.4, 0.5) is 18.9 Å². The van der Waals surface area contributed by atoms with Gasteiger partial charge in [0.05, 0.1) is 5.56 Å². The quantitative estimate of drug-likeness (QED) is 0.639. The van der Waals surface area contributed by atoms with Gasteiger partial charge in [0.25, 0.3) is 5.91 Å². The number of nitrogen functional groups attached to an aromatic ring is 1. The van der Waals surface area contributed by atoms with Crippen molar-refractivity contribution >= 4 is 23.2 Å². The van der Waals surface area contributed by atoms with Crippen molar-refractivity contribution in [2.45, 2.75) is 12.6 Å². The highest BCUT2D eigenvalue weighted by Crippen LogP contribution is 2.30. The molecule has 0 saturated heterocycles. The van der Waals surface area contributed by atoms with Gasteiger partial charge in [-0.1, -0.05) is 17.7 Å². The second-order valence-electron chi connectivity index (χ2n) is 4.46. The van der Waals surface area contributed by atoms with Crippen molar-refractivity contribution in [2.75, 3.05) is 18.8 Å². The van der Waals surface area contributed by atoms with Gasteiger partial charge in [0.15, 0.2) is 0 Å². The summed E-state index contributed by atoms with van der Waals surface area (Å²) >= 11 is 5.74. The van der Waals surface area contributed by atoms with Gasteiger partial charge >= 0.3 is 6.18 Å². The number of rotatable bonds is 1. The van der Waals surface area contributed by atoms with Crippen molar-refractivity contribution in [1.82, 2.24) is 4.90 Å². The van der Waals surface area contributed by atoms with Crippen molar-refractivity contribution < 1.29 is 18.0 Å². The average molecular weight is 305 g/mol.